The van der Waals surface area contributed by atoms with Crippen molar-refractivity contribution in [2.45, 2.75) is 18.9 Å². The van der Waals surface area contributed by atoms with E-state index < -0.39 is 0 Å². The van der Waals surface area contributed by atoms with Gasteiger partial charge >= 0.3 is 0 Å². The number of likely N-dealkylation sites (tertiary alicyclic amines) is 1. The summed E-state index contributed by atoms with van der Waals surface area (Å²) in [6, 6.07) is 7.73. The highest BCUT2D eigenvalue weighted by molar-refractivity contribution is 5.98. The SMILES string of the molecule is CN1CCC(NC(=O)c2cc3cc(N)ccc3[nH]2)CC1. The third-order valence-electron chi connectivity index (χ3n) is 3.94. The molecule has 2 heterocycles. The van der Waals surface area contributed by atoms with Crippen LogP contribution in [0.1, 0.15) is 23.3 Å². The summed E-state index contributed by atoms with van der Waals surface area (Å²) in [5.74, 6) is -0.0330. The van der Waals surface area contributed by atoms with E-state index in [9.17, 15) is 4.79 Å². The number of fused-ring (bicyclic) bond motifs is 1. The lowest BCUT2D eigenvalue weighted by molar-refractivity contribution is 0.0912. The number of hydrogen-bond acceptors (Lipinski definition) is 3. The molecular formula is C15H20N4O. The molecule has 5 nitrogen and oxygen atoms in total. The predicted octanol–water partition coefficient (Wildman–Crippen LogP) is 1.57. The Kier molecular flexibility index (Phi) is 3.36. The number of anilines is 1. The molecule has 106 valence electrons. The van der Waals surface area contributed by atoms with Crippen LogP contribution in [0.4, 0.5) is 5.69 Å². The van der Waals surface area contributed by atoms with E-state index in [-0.39, 0.29) is 11.9 Å². The largest absolute Gasteiger partial charge is 0.399 e. The van der Waals surface area contributed by atoms with Crippen molar-refractivity contribution in [3.05, 3.63) is 30.0 Å². The Morgan fingerprint density at radius 1 is 1.35 bits per heavy atom. The molecule has 1 saturated heterocycles. The van der Waals surface area contributed by atoms with Crippen LogP contribution in [0.15, 0.2) is 24.3 Å². The number of H-pyrrole nitrogens is 1. The predicted molar refractivity (Wildman–Crippen MR) is 80.7 cm³/mol. The van der Waals surface area contributed by atoms with Gasteiger partial charge in [0.05, 0.1) is 0 Å². The van der Waals surface area contributed by atoms with Gasteiger partial charge in [0.2, 0.25) is 0 Å². The lowest BCUT2D eigenvalue weighted by atomic mass is 10.1. The fourth-order valence-electron chi connectivity index (χ4n) is 2.69. The number of aromatic nitrogens is 1. The molecule has 0 spiro atoms. The number of aromatic amines is 1. The average Bonchev–Trinajstić information content (AvgIpc) is 2.84. The Balaban J connectivity index is 1.72. The van der Waals surface area contributed by atoms with Crippen LogP contribution < -0.4 is 11.1 Å². The van der Waals surface area contributed by atoms with Gasteiger partial charge in [0.15, 0.2) is 0 Å². The molecule has 0 radical (unpaired) electrons. The minimum atomic E-state index is -0.0330. The van der Waals surface area contributed by atoms with E-state index in [1.165, 1.54) is 0 Å². The van der Waals surface area contributed by atoms with Crippen molar-refractivity contribution in [3.8, 4) is 0 Å². The zero-order valence-electron chi connectivity index (χ0n) is 11.6. The topological polar surface area (TPSA) is 74.2 Å². The minimum absolute atomic E-state index is 0.0330. The second-order valence-corrected chi connectivity index (χ2v) is 5.58. The highest BCUT2D eigenvalue weighted by Gasteiger charge is 2.19. The smallest absolute Gasteiger partial charge is 0.267 e. The van der Waals surface area contributed by atoms with Crippen LogP contribution in [0.25, 0.3) is 10.9 Å². The van der Waals surface area contributed by atoms with Crippen molar-refractivity contribution in [3.63, 3.8) is 0 Å². The van der Waals surface area contributed by atoms with Crippen molar-refractivity contribution >= 4 is 22.5 Å². The van der Waals surface area contributed by atoms with Crippen molar-refractivity contribution in [1.82, 2.24) is 15.2 Å². The van der Waals surface area contributed by atoms with E-state index in [2.05, 4.69) is 22.2 Å². The first-order valence-corrected chi connectivity index (χ1v) is 6.99. The summed E-state index contributed by atoms with van der Waals surface area (Å²) in [6.45, 7) is 2.07. The lowest BCUT2D eigenvalue weighted by Crippen LogP contribution is -2.43. The number of benzene rings is 1. The molecule has 1 aromatic carbocycles. The summed E-state index contributed by atoms with van der Waals surface area (Å²) in [4.78, 5) is 17.7. The molecule has 0 bridgehead atoms. The first-order valence-electron chi connectivity index (χ1n) is 6.99. The summed E-state index contributed by atoms with van der Waals surface area (Å²) in [6.07, 6.45) is 2.02. The van der Waals surface area contributed by atoms with E-state index >= 15 is 0 Å². The number of amides is 1. The number of rotatable bonds is 2. The molecule has 1 aliphatic heterocycles. The molecule has 2 aromatic rings. The number of piperidine rings is 1. The highest BCUT2D eigenvalue weighted by atomic mass is 16.1. The third kappa shape index (κ3) is 2.63. The van der Waals surface area contributed by atoms with Gasteiger partial charge in [0.1, 0.15) is 5.69 Å². The summed E-state index contributed by atoms with van der Waals surface area (Å²) in [5, 5.41) is 4.07. The van der Waals surface area contributed by atoms with Gasteiger partial charge in [0, 0.05) is 22.6 Å². The van der Waals surface area contributed by atoms with Crippen molar-refractivity contribution in [1.29, 1.82) is 0 Å². The Bertz CT molecular complexity index is 626. The van der Waals surface area contributed by atoms with Crippen LogP contribution in [0.2, 0.25) is 0 Å². The Hall–Kier alpha value is -2.01. The van der Waals surface area contributed by atoms with Gasteiger partial charge < -0.3 is 20.9 Å². The molecule has 0 saturated carbocycles. The van der Waals surface area contributed by atoms with Gasteiger partial charge in [-0.15, -0.1) is 0 Å². The van der Waals surface area contributed by atoms with Crippen molar-refractivity contribution < 1.29 is 4.79 Å². The van der Waals surface area contributed by atoms with Crippen LogP contribution >= 0.6 is 0 Å². The highest BCUT2D eigenvalue weighted by Crippen LogP contribution is 2.18. The summed E-state index contributed by atoms with van der Waals surface area (Å²) in [7, 11) is 2.11. The maximum Gasteiger partial charge on any atom is 0.267 e. The van der Waals surface area contributed by atoms with E-state index in [4.69, 9.17) is 5.73 Å². The summed E-state index contributed by atoms with van der Waals surface area (Å²) >= 11 is 0. The van der Waals surface area contributed by atoms with Gasteiger partial charge in [-0.1, -0.05) is 0 Å². The molecular weight excluding hydrogens is 252 g/mol. The summed E-state index contributed by atoms with van der Waals surface area (Å²) < 4.78 is 0. The maximum absolute atomic E-state index is 12.3. The second-order valence-electron chi connectivity index (χ2n) is 5.58. The standard InChI is InChI=1S/C15H20N4O/c1-19-6-4-12(5-7-19)17-15(20)14-9-10-8-11(16)2-3-13(10)18-14/h2-3,8-9,12,18H,4-7,16H2,1H3,(H,17,20). The molecule has 0 atom stereocenters. The molecule has 1 aliphatic rings. The molecule has 5 heteroatoms. The van der Waals surface area contributed by atoms with Crippen LogP contribution in [-0.2, 0) is 0 Å². The molecule has 1 amide bonds. The number of nitrogens with zero attached hydrogens (tertiary/aromatic N) is 1. The fraction of sp³-hybridized carbons (Fsp3) is 0.400. The van der Waals surface area contributed by atoms with Gasteiger partial charge in [-0.3, -0.25) is 4.79 Å². The normalized spacial score (nSPS) is 17.4. The Labute approximate surface area is 118 Å². The average molecular weight is 272 g/mol. The van der Waals surface area contributed by atoms with E-state index in [0.717, 1.165) is 36.8 Å². The van der Waals surface area contributed by atoms with Gasteiger partial charge in [-0.25, -0.2) is 0 Å². The molecule has 3 rings (SSSR count). The van der Waals surface area contributed by atoms with E-state index in [0.29, 0.717) is 11.4 Å². The summed E-state index contributed by atoms with van der Waals surface area (Å²) in [5.41, 5.74) is 8.00. The van der Waals surface area contributed by atoms with Crippen molar-refractivity contribution in [2.75, 3.05) is 25.9 Å². The zero-order valence-corrected chi connectivity index (χ0v) is 11.6. The number of nitrogen functional groups attached to an aromatic ring is 1. The van der Waals surface area contributed by atoms with Crippen molar-refractivity contribution in [2.24, 2.45) is 0 Å². The molecule has 1 fully saturated rings. The van der Waals surface area contributed by atoms with Crippen LogP contribution in [0.5, 0.6) is 0 Å². The number of carbonyl (C=O) groups is 1. The monoisotopic (exact) mass is 272 g/mol. The Morgan fingerprint density at radius 2 is 2.10 bits per heavy atom. The van der Waals surface area contributed by atoms with E-state index in [1.54, 1.807) is 0 Å². The minimum Gasteiger partial charge on any atom is -0.399 e. The molecule has 0 aliphatic carbocycles. The van der Waals surface area contributed by atoms with Gasteiger partial charge in [-0.2, -0.15) is 0 Å². The quantitative estimate of drug-likeness (QED) is 0.727. The third-order valence-corrected chi connectivity index (χ3v) is 3.94. The molecule has 0 unspecified atom stereocenters. The molecule has 4 N–H and O–H groups in total. The van der Waals surface area contributed by atoms with Gasteiger partial charge in [-0.05, 0) is 57.2 Å². The maximum atomic E-state index is 12.3. The fourth-order valence-corrected chi connectivity index (χ4v) is 2.69. The molecule has 20 heavy (non-hydrogen) atoms. The van der Waals surface area contributed by atoms with Gasteiger partial charge in [0.25, 0.3) is 5.91 Å². The van der Waals surface area contributed by atoms with Crippen LogP contribution in [0, 0.1) is 0 Å². The van der Waals surface area contributed by atoms with Crippen LogP contribution in [-0.4, -0.2) is 42.0 Å². The Morgan fingerprint density at radius 3 is 2.85 bits per heavy atom. The van der Waals surface area contributed by atoms with Crippen LogP contribution in [0.3, 0.4) is 0 Å². The zero-order chi connectivity index (χ0) is 14.1. The van der Waals surface area contributed by atoms with E-state index in [1.807, 2.05) is 24.3 Å². The number of nitrogens with one attached hydrogen (secondary N) is 2. The number of nitrogens with two attached hydrogens (primary N) is 1. The first kappa shape index (κ1) is 13.0. The first-order chi connectivity index (χ1) is 9.61. The number of hydrogen-bond donors (Lipinski definition) is 3. The molecule has 1 aromatic heterocycles. The second kappa shape index (κ2) is 5.17. The lowest BCUT2D eigenvalue weighted by Gasteiger charge is -2.29. The number of carbonyl (C=O) groups excluding carboxylic acids is 1.